The highest BCUT2D eigenvalue weighted by atomic mass is 32.2. The molecular formula is C21H24N4O5S. The van der Waals surface area contributed by atoms with Crippen molar-refractivity contribution in [1.29, 1.82) is 0 Å². The largest absolute Gasteiger partial charge is 0.481 e. The van der Waals surface area contributed by atoms with E-state index in [4.69, 9.17) is 9.26 Å². The molecule has 0 radical (unpaired) electrons. The molecule has 10 heteroatoms. The molecule has 0 spiro atoms. The summed E-state index contributed by atoms with van der Waals surface area (Å²) in [5.74, 6) is 0.874. The topological polar surface area (TPSA) is 115 Å². The minimum Gasteiger partial charge on any atom is -0.481 e. The first-order chi connectivity index (χ1) is 14.8. The van der Waals surface area contributed by atoms with E-state index in [1.807, 2.05) is 37.3 Å². The summed E-state index contributed by atoms with van der Waals surface area (Å²) in [6, 6.07) is 15.9. The highest BCUT2D eigenvalue weighted by Crippen LogP contribution is 2.21. The molecule has 0 aliphatic carbocycles. The number of rotatable bonds is 9. The molecule has 2 aromatic carbocycles. The summed E-state index contributed by atoms with van der Waals surface area (Å²) in [5.41, 5.74) is 1.32. The van der Waals surface area contributed by atoms with Crippen LogP contribution >= 0.6 is 0 Å². The fraction of sp³-hybridized carbons (Fsp3) is 0.286. The molecule has 1 N–H and O–H groups in total. The molecule has 1 atom stereocenters. The minimum absolute atomic E-state index is 0.0800. The molecule has 31 heavy (non-hydrogen) atoms. The van der Waals surface area contributed by atoms with Gasteiger partial charge in [-0.3, -0.25) is 9.10 Å². The maximum Gasteiger partial charge on any atom is 0.261 e. The van der Waals surface area contributed by atoms with Gasteiger partial charge in [0.05, 0.1) is 18.5 Å². The van der Waals surface area contributed by atoms with Gasteiger partial charge in [-0.1, -0.05) is 42.4 Å². The first-order valence-corrected chi connectivity index (χ1v) is 11.5. The van der Waals surface area contributed by atoms with Gasteiger partial charge in [0.25, 0.3) is 5.91 Å². The third-order valence-corrected chi connectivity index (χ3v) is 5.76. The number of hydrogen-bond donors (Lipinski definition) is 1. The van der Waals surface area contributed by atoms with E-state index in [1.54, 1.807) is 24.3 Å². The SMILES string of the molecule is CC[C@@H](Oc1ccc(N(C)S(C)(=O)=O)cc1)C(=O)NCc1nc(-c2ccccc2)no1. The number of aromatic nitrogens is 2. The number of sulfonamides is 1. The van der Waals surface area contributed by atoms with Crippen LogP contribution in [0.3, 0.4) is 0 Å². The van der Waals surface area contributed by atoms with Gasteiger partial charge in [-0.05, 0) is 30.7 Å². The fourth-order valence-electron chi connectivity index (χ4n) is 2.72. The van der Waals surface area contributed by atoms with Crippen molar-refractivity contribution in [1.82, 2.24) is 15.5 Å². The molecule has 0 saturated carbocycles. The zero-order chi connectivity index (χ0) is 22.4. The summed E-state index contributed by atoms with van der Waals surface area (Å²) in [4.78, 5) is 16.8. The molecule has 3 aromatic rings. The highest BCUT2D eigenvalue weighted by molar-refractivity contribution is 7.92. The van der Waals surface area contributed by atoms with Crippen LogP contribution in [0.2, 0.25) is 0 Å². The Kier molecular flexibility index (Phi) is 6.91. The normalized spacial score (nSPS) is 12.2. The number of anilines is 1. The van der Waals surface area contributed by atoms with Crippen molar-refractivity contribution in [2.24, 2.45) is 0 Å². The molecule has 0 fully saturated rings. The van der Waals surface area contributed by atoms with Crippen molar-refractivity contribution in [3.05, 3.63) is 60.5 Å². The van der Waals surface area contributed by atoms with Crippen LogP contribution in [0.5, 0.6) is 5.75 Å². The average molecular weight is 445 g/mol. The standard InChI is InChI=1S/C21H24N4O5S/c1-4-18(29-17-12-10-16(11-13-17)25(2)31(3,27)28)21(26)22-14-19-23-20(24-30-19)15-8-6-5-7-9-15/h5-13,18H,4,14H2,1-3H3,(H,22,26)/t18-/m1/s1. The molecule has 1 heterocycles. The number of carbonyl (C=O) groups excluding carboxylic acids is 1. The van der Waals surface area contributed by atoms with Crippen molar-refractivity contribution >= 4 is 21.6 Å². The quantitative estimate of drug-likeness (QED) is 0.539. The number of amides is 1. The van der Waals surface area contributed by atoms with Gasteiger partial charge in [0.15, 0.2) is 6.10 Å². The van der Waals surface area contributed by atoms with Crippen LogP contribution < -0.4 is 14.4 Å². The smallest absolute Gasteiger partial charge is 0.261 e. The Labute approximate surface area is 181 Å². The van der Waals surface area contributed by atoms with Crippen LogP contribution in [-0.4, -0.2) is 43.9 Å². The van der Waals surface area contributed by atoms with Gasteiger partial charge in [0.1, 0.15) is 5.75 Å². The van der Waals surface area contributed by atoms with Gasteiger partial charge in [-0.15, -0.1) is 0 Å². The molecule has 1 amide bonds. The lowest BCUT2D eigenvalue weighted by atomic mass is 10.2. The summed E-state index contributed by atoms with van der Waals surface area (Å²) in [6.45, 7) is 1.91. The third-order valence-electron chi connectivity index (χ3n) is 4.55. The van der Waals surface area contributed by atoms with E-state index in [2.05, 4.69) is 15.5 Å². The van der Waals surface area contributed by atoms with E-state index in [1.165, 1.54) is 7.05 Å². The van der Waals surface area contributed by atoms with Gasteiger partial charge >= 0.3 is 0 Å². The van der Waals surface area contributed by atoms with Gasteiger partial charge < -0.3 is 14.6 Å². The maximum absolute atomic E-state index is 12.5. The predicted octanol–water partition coefficient (Wildman–Crippen LogP) is 2.61. The Balaban J connectivity index is 1.57. The van der Waals surface area contributed by atoms with Crippen LogP contribution in [-0.2, 0) is 21.4 Å². The van der Waals surface area contributed by atoms with Crippen molar-refractivity contribution < 1.29 is 22.5 Å². The number of benzene rings is 2. The summed E-state index contributed by atoms with van der Waals surface area (Å²) < 4.78 is 35.4. The second-order valence-electron chi connectivity index (χ2n) is 6.83. The summed E-state index contributed by atoms with van der Waals surface area (Å²) in [5, 5.41) is 6.66. The fourth-order valence-corrected chi connectivity index (χ4v) is 3.23. The lowest BCUT2D eigenvalue weighted by molar-refractivity contribution is -0.128. The molecule has 9 nitrogen and oxygen atoms in total. The summed E-state index contributed by atoms with van der Waals surface area (Å²) in [7, 11) is -1.88. The number of nitrogens with zero attached hydrogens (tertiary/aromatic N) is 3. The van der Waals surface area contributed by atoms with Gasteiger partial charge in [-0.25, -0.2) is 8.42 Å². The Hall–Kier alpha value is -3.40. The highest BCUT2D eigenvalue weighted by Gasteiger charge is 2.20. The maximum atomic E-state index is 12.5. The van der Waals surface area contributed by atoms with E-state index < -0.39 is 16.1 Å². The van der Waals surface area contributed by atoms with Gasteiger partial charge in [0, 0.05) is 12.6 Å². The van der Waals surface area contributed by atoms with E-state index in [0.29, 0.717) is 23.7 Å². The molecule has 0 bridgehead atoms. The minimum atomic E-state index is -3.35. The lowest BCUT2D eigenvalue weighted by Gasteiger charge is -2.19. The van der Waals surface area contributed by atoms with Crippen molar-refractivity contribution in [2.45, 2.75) is 26.0 Å². The Morgan fingerprint density at radius 3 is 2.45 bits per heavy atom. The van der Waals surface area contributed by atoms with Gasteiger partial charge in [-0.2, -0.15) is 4.98 Å². The summed E-state index contributed by atoms with van der Waals surface area (Å²) >= 11 is 0. The van der Waals surface area contributed by atoms with E-state index in [9.17, 15) is 13.2 Å². The Morgan fingerprint density at radius 2 is 1.84 bits per heavy atom. The van der Waals surface area contributed by atoms with Crippen LogP contribution in [0.15, 0.2) is 59.1 Å². The molecule has 164 valence electrons. The Bertz CT molecular complexity index is 1110. The first kappa shape index (κ1) is 22.3. The van der Waals surface area contributed by atoms with E-state index in [-0.39, 0.29) is 18.3 Å². The molecule has 0 saturated heterocycles. The average Bonchev–Trinajstić information content (AvgIpc) is 3.25. The molecule has 1 aromatic heterocycles. The predicted molar refractivity (Wildman–Crippen MR) is 116 cm³/mol. The summed E-state index contributed by atoms with van der Waals surface area (Å²) in [6.07, 6.45) is 0.840. The first-order valence-electron chi connectivity index (χ1n) is 9.64. The second kappa shape index (κ2) is 9.61. The number of hydrogen-bond acceptors (Lipinski definition) is 7. The van der Waals surface area contributed by atoms with Crippen LogP contribution in [0, 0.1) is 0 Å². The lowest BCUT2D eigenvalue weighted by Crippen LogP contribution is -2.37. The number of nitrogens with one attached hydrogen (secondary N) is 1. The van der Waals surface area contributed by atoms with Crippen molar-refractivity contribution in [3.8, 4) is 17.1 Å². The van der Waals surface area contributed by atoms with Crippen LogP contribution in [0.4, 0.5) is 5.69 Å². The third kappa shape index (κ3) is 5.82. The monoisotopic (exact) mass is 444 g/mol. The van der Waals surface area contributed by atoms with Crippen LogP contribution in [0.1, 0.15) is 19.2 Å². The second-order valence-corrected chi connectivity index (χ2v) is 8.85. The van der Waals surface area contributed by atoms with E-state index in [0.717, 1.165) is 16.1 Å². The zero-order valence-electron chi connectivity index (χ0n) is 17.5. The zero-order valence-corrected chi connectivity index (χ0v) is 18.3. The van der Waals surface area contributed by atoms with E-state index >= 15 is 0 Å². The van der Waals surface area contributed by atoms with Gasteiger partial charge in [0.2, 0.25) is 21.7 Å². The van der Waals surface area contributed by atoms with Crippen molar-refractivity contribution in [2.75, 3.05) is 17.6 Å². The molecule has 0 unspecified atom stereocenters. The number of carbonyl (C=O) groups is 1. The Morgan fingerprint density at radius 1 is 1.16 bits per heavy atom. The van der Waals surface area contributed by atoms with Crippen molar-refractivity contribution in [3.63, 3.8) is 0 Å². The molecule has 3 rings (SSSR count). The van der Waals surface area contributed by atoms with Crippen LogP contribution in [0.25, 0.3) is 11.4 Å². The molecule has 0 aliphatic heterocycles. The number of ether oxygens (including phenoxy) is 1. The molecular weight excluding hydrogens is 420 g/mol. The molecule has 0 aliphatic rings.